The van der Waals surface area contributed by atoms with E-state index < -0.39 is 11.3 Å². The van der Waals surface area contributed by atoms with Gasteiger partial charge in [-0.1, -0.05) is 6.08 Å². The third-order valence-electron chi connectivity index (χ3n) is 3.02. The summed E-state index contributed by atoms with van der Waals surface area (Å²) in [7, 11) is 0. The number of fused-ring (bicyclic) bond motifs is 1. The summed E-state index contributed by atoms with van der Waals surface area (Å²) < 4.78 is 1.46. The van der Waals surface area contributed by atoms with Gasteiger partial charge >= 0.3 is 0 Å². The first-order valence-electron chi connectivity index (χ1n) is 5.70. The van der Waals surface area contributed by atoms with Crippen LogP contribution in [0.1, 0.15) is 27.8 Å². The summed E-state index contributed by atoms with van der Waals surface area (Å²) in [6.45, 7) is 5.80. The van der Waals surface area contributed by atoms with E-state index in [9.17, 15) is 14.4 Å². The molecule has 2 heterocycles. The molecule has 0 bridgehead atoms. The molecule has 1 aromatic rings. The molecule has 0 aromatic carbocycles. The fourth-order valence-electron chi connectivity index (χ4n) is 1.87. The van der Waals surface area contributed by atoms with Crippen molar-refractivity contribution in [2.75, 3.05) is 11.7 Å². The molecule has 0 saturated carbocycles. The Bertz CT molecular complexity index is 620. The average molecular weight is 262 g/mol. The predicted molar refractivity (Wildman–Crippen MR) is 69.4 cm³/mol. The van der Waals surface area contributed by atoms with E-state index in [0.29, 0.717) is 0 Å². The quantitative estimate of drug-likeness (QED) is 0.694. The Morgan fingerprint density at radius 2 is 2.26 bits per heavy atom. The molecule has 100 valence electrons. The van der Waals surface area contributed by atoms with Crippen molar-refractivity contribution in [3.8, 4) is 0 Å². The summed E-state index contributed by atoms with van der Waals surface area (Å²) in [5, 5.41) is 4.39. The van der Waals surface area contributed by atoms with Crippen molar-refractivity contribution in [3.63, 3.8) is 0 Å². The van der Waals surface area contributed by atoms with Gasteiger partial charge in [0.1, 0.15) is 17.9 Å². The molecule has 19 heavy (non-hydrogen) atoms. The highest BCUT2D eigenvalue weighted by Crippen LogP contribution is 2.09. The molecule has 1 atom stereocenters. The van der Waals surface area contributed by atoms with Gasteiger partial charge in [0.15, 0.2) is 5.43 Å². The van der Waals surface area contributed by atoms with E-state index in [1.807, 2.05) is 6.92 Å². The molecular formula is C12H14N4O3. The highest BCUT2D eigenvalue weighted by molar-refractivity contribution is 5.96. The van der Waals surface area contributed by atoms with Gasteiger partial charge in [0.2, 0.25) is 0 Å². The van der Waals surface area contributed by atoms with E-state index in [0.717, 1.165) is 6.07 Å². The first kappa shape index (κ1) is 12.9. The Morgan fingerprint density at radius 1 is 1.58 bits per heavy atom. The second-order valence-corrected chi connectivity index (χ2v) is 4.23. The smallest absolute Gasteiger partial charge is 0.271 e. The molecule has 0 spiro atoms. The van der Waals surface area contributed by atoms with Crippen LogP contribution in [-0.4, -0.2) is 29.2 Å². The van der Waals surface area contributed by atoms with Gasteiger partial charge in [-0.05, 0) is 6.92 Å². The lowest BCUT2D eigenvalue weighted by Gasteiger charge is -2.36. The second-order valence-electron chi connectivity index (χ2n) is 4.23. The molecular weight excluding hydrogens is 248 g/mol. The molecule has 0 radical (unpaired) electrons. The molecule has 2 amide bonds. The third kappa shape index (κ3) is 2.10. The average Bonchev–Trinajstić information content (AvgIpc) is 2.38. The molecule has 1 aliphatic rings. The minimum absolute atomic E-state index is 0.0948. The van der Waals surface area contributed by atoms with Crippen LogP contribution in [0.25, 0.3) is 0 Å². The SMILES string of the molecule is C=CC(C)N1CNC(=O)c2cc(=O)c(C(N)=O)cn21. The van der Waals surface area contributed by atoms with E-state index in [4.69, 9.17) is 5.73 Å². The number of hydrogen-bond donors (Lipinski definition) is 2. The number of aromatic nitrogens is 1. The zero-order valence-electron chi connectivity index (χ0n) is 10.4. The summed E-state index contributed by atoms with van der Waals surface area (Å²) in [5.74, 6) is -1.20. The second kappa shape index (κ2) is 4.60. The van der Waals surface area contributed by atoms with Crippen molar-refractivity contribution in [1.82, 2.24) is 9.99 Å². The number of nitrogens with two attached hydrogens (primary N) is 1. The van der Waals surface area contributed by atoms with Gasteiger partial charge in [0, 0.05) is 12.3 Å². The summed E-state index contributed by atoms with van der Waals surface area (Å²) in [6, 6.07) is 1.01. The van der Waals surface area contributed by atoms with Gasteiger partial charge in [0.25, 0.3) is 11.8 Å². The Labute approximate surface area is 109 Å². The van der Waals surface area contributed by atoms with Gasteiger partial charge < -0.3 is 11.1 Å². The zero-order chi connectivity index (χ0) is 14.2. The van der Waals surface area contributed by atoms with Crippen molar-refractivity contribution in [3.05, 3.63) is 46.4 Å². The minimum atomic E-state index is -0.822. The number of pyridine rings is 1. The highest BCUT2D eigenvalue weighted by atomic mass is 16.2. The van der Waals surface area contributed by atoms with Crippen LogP contribution in [0.5, 0.6) is 0 Å². The van der Waals surface area contributed by atoms with Crippen molar-refractivity contribution in [1.29, 1.82) is 0 Å². The van der Waals surface area contributed by atoms with Crippen LogP contribution < -0.4 is 21.5 Å². The van der Waals surface area contributed by atoms with Gasteiger partial charge in [-0.25, -0.2) is 0 Å². The summed E-state index contributed by atoms with van der Waals surface area (Å²) >= 11 is 0. The summed E-state index contributed by atoms with van der Waals surface area (Å²) in [6.07, 6.45) is 2.97. The predicted octanol–water partition coefficient (Wildman–Crippen LogP) is -0.839. The van der Waals surface area contributed by atoms with Crippen LogP contribution in [0.2, 0.25) is 0 Å². The molecule has 0 fully saturated rings. The summed E-state index contributed by atoms with van der Waals surface area (Å²) in [4.78, 5) is 34.6. The number of carbonyl (C=O) groups is 2. The van der Waals surface area contributed by atoms with Gasteiger partial charge in [0.05, 0.1) is 6.04 Å². The van der Waals surface area contributed by atoms with Crippen LogP contribution >= 0.6 is 0 Å². The van der Waals surface area contributed by atoms with Crippen molar-refractivity contribution in [2.45, 2.75) is 13.0 Å². The minimum Gasteiger partial charge on any atom is -0.365 e. The number of nitrogens with one attached hydrogen (secondary N) is 1. The third-order valence-corrected chi connectivity index (χ3v) is 3.02. The fourth-order valence-corrected chi connectivity index (χ4v) is 1.87. The fraction of sp³-hybridized carbons (Fsp3) is 0.250. The van der Waals surface area contributed by atoms with E-state index >= 15 is 0 Å². The van der Waals surface area contributed by atoms with Crippen LogP contribution in [0.3, 0.4) is 0 Å². The highest BCUT2D eigenvalue weighted by Gasteiger charge is 2.25. The van der Waals surface area contributed by atoms with Crippen LogP contribution in [-0.2, 0) is 0 Å². The van der Waals surface area contributed by atoms with Gasteiger partial charge in [-0.2, -0.15) is 0 Å². The molecule has 1 aromatic heterocycles. The number of carbonyl (C=O) groups excluding carboxylic acids is 2. The molecule has 1 unspecified atom stereocenters. The zero-order valence-corrected chi connectivity index (χ0v) is 10.4. The van der Waals surface area contributed by atoms with E-state index in [2.05, 4.69) is 11.9 Å². The maximum atomic E-state index is 11.7. The maximum Gasteiger partial charge on any atom is 0.271 e. The lowest BCUT2D eigenvalue weighted by molar-refractivity contribution is 0.0917. The number of amides is 2. The molecule has 0 aliphatic carbocycles. The largest absolute Gasteiger partial charge is 0.365 e. The van der Waals surface area contributed by atoms with Crippen molar-refractivity contribution in [2.24, 2.45) is 5.73 Å². The van der Waals surface area contributed by atoms with E-state index in [1.165, 1.54) is 10.9 Å². The first-order valence-corrected chi connectivity index (χ1v) is 5.70. The number of rotatable bonds is 3. The Kier molecular flexibility index (Phi) is 3.12. The first-order chi connectivity index (χ1) is 8.95. The van der Waals surface area contributed by atoms with E-state index in [1.54, 1.807) is 11.1 Å². The van der Waals surface area contributed by atoms with Crippen LogP contribution in [0, 0.1) is 0 Å². The molecule has 3 N–H and O–H groups in total. The van der Waals surface area contributed by atoms with Crippen molar-refractivity contribution < 1.29 is 9.59 Å². The molecule has 2 rings (SSSR count). The van der Waals surface area contributed by atoms with Gasteiger partial charge in [-0.15, -0.1) is 6.58 Å². The molecule has 7 heteroatoms. The lowest BCUT2D eigenvalue weighted by atomic mass is 10.2. The van der Waals surface area contributed by atoms with Crippen LogP contribution in [0.15, 0.2) is 29.7 Å². The van der Waals surface area contributed by atoms with Crippen LogP contribution in [0.4, 0.5) is 0 Å². The van der Waals surface area contributed by atoms with Gasteiger partial charge in [-0.3, -0.25) is 24.1 Å². The summed E-state index contributed by atoms with van der Waals surface area (Å²) in [5.41, 5.74) is 4.59. The Balaban J connectivity index is 2.64. The molecule has 0 saturated heterocycles. The lowest BCUT2D eigenvalue weighted by Crippen LogP contribution is -2.55. The standard InChI is InChI=1S/C12H14N4O3/c1-3-7(2)16-6-14-12(19)9-4-10(17)8(11(13)18)5-15(9)16/h3-5,7H,1,6H2,2H3,(H2,13,18)(H,14,19). The Hall–Kier alpha value is -2.57. The number of primary amides is 1. The number of hydrogen-bond acceptors (Lipinski definition) is 4. The normalized spacial score (nSPS) is 15.4. The Morgan fingerprint density at radius 3 is 2.84 bits per heavy atom. The van der Waals surface area contributed by atoms with Crippen molar-refractivity contribution >= 4 is 11.8 Å². The number of nitrogens with zero attached hydrogens (tertiary/aromatic N) is 2. The topological polar surface area (TPSA) is 97.4 Å². The maximum absolute atomic E-state index is 11.7. The van der Waals surface area contributed by atoms with E-state index in [-0.39, 0.29) is 29.9 Å². The molecule has 7 nitrogen and oxygen atoms in total. The molecule has 1 aliphatic heterocycles. The monoisotopic (exact) mass is 262 g/mol.